The molecule has 0 aliphatic rings. The van der Waals surface area contributed by atoms with Gasteiger partial charge < -0.3 is 10.1 Å². The predicted molar refractivity (Wildman–Crippen MR) is 77.1 cm³/mol. The van der Waals surface area contributed by atoms with Crippen LogP contribution in [0.25, 0.3) is 0 Å². The Morgan fingerprint density at radius 2 is 2.10 bits per heavy atom. The van der Waals surface area contributed by atoms with Gasteiger partial charge in [0.1, 0.15) is 12.4 Å². The summed E-state index contributed by atoms with van der Waals surface area (Å²) >= 11 is 0. The van der Waals surface area contributed by atoms with Gasteiger partial charge in [-0.05, 0) is 31.2 Å². The number of nitrogens with one attached hydrogen (secondary N) is 1. The molecule has 1 N–H and O–H groups in total. The molecule has 0 saturated heterocycles. The summed E-state index contributed by atoms with van der Waals surface area (Å²) < 4.78 is 19.1. The fraction of sp³-hybridized carbons (Fsp3) is 0.312. The van der Waals surface area contributed by atoms with Gasteiger partial charge in [0.2, 0.25) is 5.88 Å². The number of halogens is 1. The molecule has 0 amide bonds. The summed E-state index contributed by atoms with van der Waals surface area (Å²) in [6, 6.07) is 10.7. The van der Waals surface area contributed by atoms with Crippen LogP contribution in [-0.4, -0.2) is 11.5 Å². The van der Waals surface area contributed by atoms with Crippen molar-refractivity contribution in [2.45, 2.75) is 26.5 Å². The number of benzene rings is 1. The van der Waals surface area contributed by atoms with E-state index in [1.54, 1.807) is 24.4 Å². The monoisotopic (exact) mass is 274 g/mol. The molecule has 3 nitrogen and oxygen atoms in total. The van der Waals surface area contributed by atoms with E-state index in [1.807, 2.05) is 12.1 Å². The average Bonchev–Trinajstić information content (AvgIpc) is 2.47. The molecule has 106 valence electrons. The van der Waals surface area contributed by atoms with E-state index >= 15 is 0 Å². The zero-order valence-electron chi connectivity index (χ0n) is 11.8. The summed E-state index contributed by atoms with van der Waals surface area (Å²) in [6.07, 6.45) is 1.71. The lowest BCUT2D eigenvalue weighted by Gasteiger charge is -2.13. The molecule has 0 bridgehead atoms. The molecule has 1 aromatic heterocycles. The molecule has 1 aromatic carbocycles. The van der Waals surface area contributed by atoms with Crippen LogP contribution in [0.3, 0.4) is 0 Å². The van der Waals surface area contributed by atoms with Crippen molar-refractivity contribution in [1.29, 1.82) is 0 Å². The molecular formula is C16H19FN2O. The molecule has 4 heteroatoms. The third-order valence-electron chi connectivity index (χ3n) is 3.10. The first-order chi connectivity index (χ1) is 9.70. The molecule has 20 heavy (non-hydrogen) atoms. The third kappa shape index (κ3) is 3.78. The van der Waals surface area contributed by atoms with Crippen LogP contribution in [0.4, 0.5) is 4.39 Å². The van der Waals surface area contributed by atoms with Crippen LogP contribution >= 0.6 is 0 Å². The van der Waals surface area contributed by atoms with Gasteiger partial charge in [-0.15, -0.1) is 0 Å². The summed E-state index contributed by atoms with van der Waals surface area (Å²) in [5, 5.41) is 3.33. The third-order valence-corrected chi connectivity index (χ3v) is 3.10. The van der Waals surface area contributed by atoms with E-state index in [2.05, 4.69) is 24.1 Å². The van der Waals surface area contributed by atoms with Crippen molar-refractivity contribution in [3.8, 4) is 5.88 Å². The van der Waals surface area contributed by atoms with E-state index in [0.717, 1.165) is 12.1 Å². The zero-order chi connectivity index (χ0) is 14.4. The van der Waals surface area contributed by atoms with E-state index in [9.17, 15) is 4.39 Å². The fourth-order valence-electron chi connectivity index (χ4n) is 1.96. The van der Waals surface area contributed by atoms with E-state index in [1.165, 1.54) is 6.07 Å². The fourth-order valence-corrected chi connectivity index (χ4v) is 1.96. The van der Waals surface area contributed by atoms with Crippen LogP contribution < -0.4 is 10.1 Å². The maximum atomic E-state index is 13.5. The minimum Gasteiger partial charge on any atom is -0.473 e. The Bertz CT molecular complexity index is 560. The van der Waals surface area contributed by atoms with Crippen molar-refractivity contribution in [1.82, 2.24) is 10.3 Å². The summed E-state index contributed by atoms with van der Waals surface area (Å²) in [6.45, 7) is 5.22. The second kappa shape index (κ2) is 7.01. The minimum atomic E-state index is -0.260. The lowest BCUT2D eigenvalue weighted by molar-refractivity contribution is 0.287. The predicted octanol–water partition coefficient (Wildman–Crippen LogP) is 3.47. The molecule has 0 aliphatic carbocycles. The number of ether oxygens (including phenoxy) is 1. The van der Waals surface area contributed by atoms with Gasteiger partial charge in [0, 0.05) is 23.9 Å². The summed E-state index contributed by atoms with van der Waals surface area (Å²) in [7, 11) is 0. The Labute approximate surface area is 118 Å². The number of pyridine rings is 1. The van der Waals surface area contributed by atoms with Crippen molar-refractivity contribution in [3.05, 3.63) is 59.5 Å². The molecule has 1 unspecified atom stereocenters. The van der Waals surface area contributed by atoms with Gasteiger partial charge in [0.15, 0.2) is 0 Å². The minimum absolute atomic E-state index is 0.179. The Balaban J connectivity index is 2.03. The van der Waals surface area contributed by atoms with Crippen molar-refractivity contribution in [2.24, 2.45) is 0 Å². The molecule has 2 aromatic rings. The van der Waals surface area contributed by atoms with Crippen molar-refractivity contribution >= 4 is 0 Å². The first-order valence-electron chi connectivity index (χ1n) is 6.76. The molecule has 0 saturated carbocycles. The van der Waals surface area contributed by atoms with E-state index in [4.69, 9.17) is 4.74 Å². The highest BCUT2D eigenvalue weighted by molar-refractivity contribution is 5.24. The number of hydrogen-bond donors (Lipinski definition) is 1. The van der Waals surface area contributed by atoms with E-state index < -0.39 is 0 Å². The quantitative estimate of drug-likeness (QED) is 0.875. The highest BCUT2D eigenvalue weighted by atomic mass is 19.1. The first-order valence-corrected chi connectivity index (χ1v) is 6.76. The topological polar surface area (TPSA) is 34.2 Å². The van der Waals surface area contributed by atoms with Gasteiger partial charge in [-0.1, -0.05) is 25.1 Å². The summed E-state index contributed by atoms with van der Waals surface area (Å²) in [5.74, 6) is 0.250. The van der Waals surface area contributed by atoms with Crippen LogP contribution in [0.15, 0.2) is 42.6 Å². The van der Waals surface area contributed by atoms with Crippen molar-refractivity contribution in [2.75, 3.05) is 6.54 Å². The van der Waals surface area contributed by atoms with Gasteiger partial charge in [-0.3, -0.25) is 0 Å². The van der Waals surface area contributed by atoms with Crippen LogP contribution in [0.2, 0.25) is 0 Å². The Morgan fingerprint density at radius 1 is 1.30 bits per heavy atom. The number of aromatic nitrogens is 1. The van der Waals surface area contributed by atoms with Gasteiger partial charge in [-0.2, -0.15) is 0 Å². The van der Waals surface area contributed by atoms with E-state index in [0.29, 0.717) is 11.4 Å². The maximum absolute atomic E-state index is 13.5. The number of nitrogens with zero attached hydrogens (tertiary/aromatic N) is 1. The molecular weight excluding hydrogens is 255 g/mol. The maximum Gasteiger partial charge on any atom is 0.213 e. The second-order valence-electron chi connectivity index (χ2n) is 4.59. The highest BCUT2D eigenvalue weighted by Crippen LogP contribution is 2.18. The largest absolute Gasteiger partial charge is 0.473 e. The molecule has 0 aliphatic heterocycles. The summed E-state index contributed by atoms with van der Waals surface area (Å²) in [5.41, 5.74) is 1.63. The Morgan fingerprint density at radius 3 is 2.85 bits per heavy atom. The Kier molecular flexibility index (Phi) is 5.07. The van der Waals surface area contributed by atoms with Crippen LogP contribution in [0, 0.1) is 5.82 Å². The number of hydrogen-bond acceptors (Lipinski definition) is 3. The van der Waals surface area contributed by atoms with Crippen LogP contribution in [0.5, 0.6) is 5.88 Å². The van der Waals surface area contributed by atoms with Gasteiger partial charge in [-0.25, -0.2) is 9.37 Å². The SMILES string of the molecule is CCNC(C)c1ccnc(OCc2ccccc2F)c1. The van der Waals surface area contributed by atoms with Crippen molar-refractivity contribution in [3.63, 3.8) is 0 Å². The lowest BCUT2D eigenvalue weighted by atomic mass is 10.1. The summed E-state index contributed by atoms with van der Waals surface area (Å²) in [4.78, 5) is 4.15. The van der Waals surface area contributed by atoms with Gasteiger partial charge in [0.05, 0.1) is 0 Å². The standard InChI is InChI=1S/C16H19FN2O/c1-3-18-12(2)13-8-9-19-16(10-13)20-11-14-6-4-5-7-15(14)17/h4-10,12,18H,3,11H2,1-2H3. The van der Waals surface area contributed by atoms with Crippen LogP contribution in [-0.2, 0) is 6.61 Å². The van der Waals surface area contributed by atoms with Gasteiger partial charge in [0.25, 0.3) is 0 Å². The first kappa shape index (κ1) is 14.5. The second-order valence-corrected chi connectivity index (χ2v) is 4.59. The number of rotatable bonds is 6. The highest BCUT2D eigenvalue weighted by Gasteiger charge is 2.07. The van der Waals surface area contributed by atoms with Crippen LogP contribution in [0.1, 0.15) is 31.0 Å². The molecule has 0 spiro atoms. The molecule has 1 atom stereocenters. The lowest BCUT2D eigenvalue weighted by Crippen LogP contribution is -2.17. The van der Waals surface area contributed by atoms with Gasteiger partial charge >= 0.3 is 0 Å². The smallest absolute Gasteiger partial charge is 0.213 e. The molecule has 2 rings (SSSR count). The Hall–Kier alpha value is -1.94. The normalized spacial score (nSPS) is 12.2. The van der Waals surface area contributed by atoms with Crippen molar-refractivity contribution < 1.29 is 9.13 Å². The van der Waals surface area contributed by atoms with E-state index in [-0.39, 0.29) is 18.5 Å². The molecule has 0 radical (unpaired) electrons. The average molecular weight is 274 g/mol. The zero-order valence-corrected chi connectivity index (χ0v) is 11.8. The molecule has 0 fully saturated rings. The molecule has 1 heterocycles.